The number of fused-ring (bicyclic) bond motifs is 4. The minimum Gasteiger partial charge on any atom is -0.345 e. The van der Waals surface area contributed by atoms with Gasteiger partial charge in [-0.15, -0.1) is 53.6 Å². The summed E-state index contributed by atoms with van der Waals surface area (Å²) in [6.45, 7) is 0. The molecule has 0 aliphatic rings. The van der Waals surface area contributed by atoms with Crippen LogP contribution in [0.1, 0.15) is 0 Å². The number of nitrogens with one attached hydrogen (secondary N) is 1. The Morgan fingerprint density at radius 3 is 2.54 bits per heavy atom. The van der Waals surface area contributed by atoms with E-state index in [0.29, 0.717) is 0 Å². The number of hydrogen-bond donors (Lipinski definition) is 1. The van der Waals surface area contributed by atoms with Crippen LogP contribution in [0.4, 0.5) is 0 Å². The molecule has 4 aromatic carbocycles. The molecule has 41 heavy (non-hydrogen) atoms. The molecule has 4 aromatic heterocycles. The molecule has 0 aliphatic heterocycles. The van der Waals surface area contributed by atoms with Gasteiger partial charge in [0.2, 0.25) is 0 Å². The van der Waals surface area contributed by atoms with Crippen molar-refractivity contribution in [3.63, 3.8) is 0 Å². The summed E-state index contributed by atoms with van der Waals surface area (Å²) in [5.74, 6) is 1.03. The number of aromatic nitrogens is 5. The third-order valence-corrected chi connectivity index (χ3v) is 8.38. The van der Waals surface area contributed by atoms with Gasteiger partial charge in [-0.3, -0.25) is 4.98 Å². The maximum atomic E-state index is 4.92. The largest absolute Gasteiger partial charge is 2.00 e. The van der Waals surface area contributed by atoms with E-state index in [-0.39, 0.29) is 21.1 Å². The monoisotopic (exact) mass is 727 g/mol. The third-order valence-electron chi connectivity index (χ3n) is 7.31. The summed E-state index contributed by atoms with van der Waals surface area (Å²) in [6.07, 6.45) is 5.82. The van der Waals surface area contributed by atoms with Crippen molar-refractivity contribution in [1.82, 2.24) is 19.5 Å². The minimum atomic E-state index is 0. The van der Waals surface area contributed by atoms with E-state index in [4.69, 9.17) is 4.98 Å². The van der Waals surface area contributed by atoms with Gasteiger partial charge in [-0.25, -0.2) is 9.55 Å². The molecule has 0 bridgehead atoms. The maximum absolute atomic E-state index is 4.92. The van der Waals surface area contributed by atoms with Crippen LogP contribution in [0.3, 0.4) is 0 Å². The van der Waals surface area contributed by atoms with Gasteiger partial charge in [0.1, 0.15) is 12.4 Å². The number of nitrogens with zero attached hydrogens (tertiary/aromatic N) is 4. The number of rotatable bonds is 4. The van der Waals surface area contributed by atoms with Crippen LogP contribution >= 0.6 is 11.3 Å². The fourth-order valence-corrected chi connectivity index (χ4v) is 6.41. The molecule has 5 nitrogen and oxygen atoms in total. The molecule has 4 heterocycles. The van der Waals surface area contributed by atoms with Gasteiger partial charge in [0.15, 0.2) is 0 Å². The van der Waals surface area contributed by atoms with Gasteiger partial charge in [0.25, 0.3) is 5.82 Å². The first-order valence-corrected chi connectivity index (χ1v) is 13.9. The van der Waals surface area contributed by atoms with Crippen molar-refractivity contribution in [2.45, 2.75) is 0 Å². The predicted molar refractivity (Wildman–Crippen MR) is 161 cm³/mol. The second-order valence-electron chi connectivity index (χ2n) is 9.74. The molecule has 0 spiro atoms. The topological polar surface area (TPSA) is 50.4 Å². The van der Waals surface area contributed by atoms with Gasteiger partial charge in [0.05, 0.1) is 23.6 Å². The van der Waals surface area contributed by atoms with Crippen LogP contribution in [-0.4, -0.2) is 19.5 Å². The van der Waals surface area contributed by atoms with E-state index >= 15 is 0 Å². The molecule has 0 saturated carbocycles. The first-order chi connectivity index (χ1) is 19.7. The van der Waals surface area contributed by atoms with Crippen molar-refractivity contribution in [2.24, 2.45) is 7.05 Å². The van der Waals surface area contributed by atoms with Crippen molar-refractivity contribution in [3.8, 4) is 38.9 Å². The Kier molecular flexibility index (Phi) is 6.38. The summed E-state index contributed by atoms with van der Waals surface area (Å²) in [7, 11) is 2.06. The Bertz CT molecular complexity index is 2160. The Labute approximate surface area is 255 Å². The van der Waals surface area contributed by atoms with Crippen LogP contribution in [0, 0.1) is 12.1 Å². The molecule has 8 aromatic rings. The number of aryl methyl sites for hydroxylation is 1. The molecule has 0 unspecified atom stereocenters. The fourth-order valence-electron chi connectivity index (χ4n) is 5.46. The van der Waals surface area contributed by atoms with Gasteiger partial charge >= 0.3 is 21.1 Å². The molecular weight excluding hydrogens is 706 g/mol. The van der Waals surface area contributed by atoms with Crippen molar-refractivity contribution in [3.05, 3.63) is 122 Å². The number of pyridine rings is 1. The summed E-state index contributed by atoms with van der Waals surface area (Å²) in [6, 6.07) is 38.7. The number of H-pyrrole nitrogens is 1. The number of imidazole rings is 1. The molecule has 0 saturated heterocycles. The number of aromatic amines is 1. The third kappa shape index (κ3) is 4.22. The molecular formula is C34H22N5PtS+. The minimum absolute atomic E-state index is 0. The zero-order chi connectivity index (χ0) is 26.6. The zero-order valence-corrected chi connectivity index (χ0v) is 25.0. The van der Waals surface area contributed by atoms with Crippen LogP contribution in [-0.2, 0) is 28.1 Å². The molecule has 8 rings (SSSR count). The Hall–Kier alpha value is -4.38. The molecule has 7 heteroatoms. The van der Waals surface area contributed by atoms with E-state index in [2.05, 4.69) is 105 Å². The molecule has 0 aliphatic carbocycles. The van der Waals surface area contributed by atoms with Gasteiger partial charge in [-0.2, -0.15) is 11.3 Å². The summed E-state index contributed by atoms with van der Waals surface area (Å²) >= 11 is 1.69. The van der Waals surface area contributed by atoms with Crippen LogP contribution in [0.25, 0.3) is 70.9 Å². The van der Waals surface area contributed by atoms with E-state index < -0.39 is 0 Å². The summed E-state index contributed by atoms with van der Waals surface area (Å²) in [5.41, 5.74) is 7.94. The Morgan fingerprint density at radius 1 is 0.829 bits per heavy atom. The van der Waals surface area contributed by atoms with Crippen molar-refractivity contribution in [1.29, 1.82) is 0 Å². The molecule has 198 valence electrons. The molecule has 0 amide bonds. The van der Waals surface area contributed by atoms with Crippen molar-refractivity contribution in [2.75, 3.05) is 0 Å². The summed E-state index contributed by atoms with van der Waals surface area (Å²) in [4.78, 5) is 12.9. The van der Waals surface area contributed by atoms with Gasteiger partial charge in [0, 0.05) is 15.9 Å². The molecule has 0 atom stereocenters. The van der Waals surface area contributed by atoms with E-state index in [1.54, 1.807) is 11.3 Å². The molecule has 0 fully saturated rings. The second kappa shape index (κ2) is 10.2. The van der Waals surface area contributed by atoms with Crippen molar-refractivity contribution < 1.29 is 25.6 Å². The van der Waals surface area contributed by atoms with E-state index in [0.717, 1.165) is 66.2 Å². The summed E-state index contributed by atoms with van der Waals surface area (Å²) in [5, 5.41) is 3.25. The first-order valence-electron chi connectivity index (χ1n) is 13.1. The smallest absolute Gasteiger partial charge is 0.345 e. The summed E-state index contributed by atoms with van der Waals surface area (Å²) < 4.78 is 5.56. The van der Waals surface area contributed by atoms with Crippen LogP contribution in [0.2, 0.25) is 0 Å². The number of thiazole rings is 1. The average Bonchev–Trinajstić information content (AvgIpc) is 3.72. The number of hydrogen-bond acceptors (Lipinski definition) is 3. The normalized spacial score (nSPS) is 11.3. The average molecular weight is 728 g/mol. The standard InChI is InChI=1S/C34H21N5S.Pt/c1-38-19-18-36-33(38)27-11-7-10-26-25-16-15-23(34-37-29-13-2-3-14-31(29)40-34)21-30(25)39(32(26)27)24-9-6-8-22(20-24)28-12-4-5-17-35-28;/h2-19H,1H3;/q-2;+2/p+1. The first kappa shape index (κ1) is 25.6. The van der Waals surface area contributed by atoms with E-state index in [1.807, 2.05) is 42.9 Å². The van der Waals surface area contributed by atoms with Gasteiger partial charge in [-0.1, -0.05) is 41.8 Å². The Balaban J connectivity index is 0.00000276. The molecule has 0 radical (unpaired) electrons. The van der Waals surface area contributed by atoms with Crippen LogP contribution in [0.15, 0.2) is 110 Å². The van der Waals surface area contributed by atoms with Gasteiger partial charge in [-0.05, 0) is 46.5 Å². The zero-order valence-electron chi connectivity index (χ0n) is 21.9. The van der Waals surface area contributed by atoms with Crippen LogP contribution < -0.4 is 4.57 Å². The number of para-hydroxylation sites is 2. The number of benzene rings is 4. The van der Waals surface area contributed by atoms with Crippen LogP contribution in [0.5, 0.6) is 0 Å². The predicted octanol–water partition coefficient (Wildman–Crippen LogP) is 7.54. The van der Waals surface area contributed by atoms with E-state index in [9.17, 15) is 0 Å². The maximum Gasteiger partial charge on any atom is 2.00 e. The van der Waals surface area contributed by atoms with Crippen molar-refractivity contribution >= 4 is 43.4 Å². The SMILES string of the molecule is C[n+]1cc[nH]c1-c1cccc2c3ccc(-c4nc5ccccc5s4)[c-]c3n(-c3[c-]c(-c4ccccn4)ccc3)c12.[Pt+2]. The van der Waals surface area contributed by atoms with Gasteiger partial charge < -0.3 is 9.55 Å². The van der Waals surface area contributed by atoms with E-state index in [1.165, 1.54) is 4.70 Å². The Morgan fingerprint density at radius 2 is 1.71 bits per heavy atom. The second-order valence-corrected chi connectivity index (χ2v) is 10.8. The fraction of sp³-hybridized carbons (Fsp3) is 0.0294. The molecule has 1 N–H and O–H groups in total. The quantitative estimate of drug-likeness (QED) is 0.151.